The quantitative estimate of drug-likeness (QED) is 0.701. The van der Waals surface area contributed by atoms with Gasteiger partial charge in [-0.1, -0.05) is 12.1 Å². The van der Waals surface area contributed by atoms with Gasteiger partial charge in [0.05, 0.1) is 11.4 Å². The van der Waals surface area contributed by atoms with Crippen LogP contribution in [0.1, 0.15) is 63.1 Å². The Morgan fingerprint density at radius 2 is 1.76 bits per heavy atom. The van der Waals surface area contributed by atoms with Crippen LogP contribution in [0.2, 0.25) is 0 Å². The van der Waals surface area contributed by atoms with Crippen molar-refractivity contribution in [2.75, 3.05) is 0 Å². The van der Waals surface area contributed by atoms with Gasteiger partial charge in [0.25, 0.3) is 11.8 Å². The molecular weight excluding hydrogens is 386 g/mol. The lowest BCUT2D eigenvalue weighted by Gasteiger charge is -2.22. The van der Waals surface area contributed by atoms with Gasteiger partial charge in [0.15, 0.2) is 0 Å². The van der Waals surface area contributed by atoms with E-state index in [-0.39, 0.29) is 23.8 Å². The molecule has 4 rings (SSSR count). The summed E-state index contributed by atoms with van der Waals surface area (Å²) in [5, 5.41) is 5.75. The Bertz CT molecular complexity index is 914. The first kappa shape index (κ1) is 19.6. The third kappa shape index (κ3) is 5.23. The highest BCUT2D eigenvalue weighted by atomic mass is 32.1. The van der Waals surface area contributed by atoms with Crippen LogP contribution in [0.15, 0.2) is 36.4 Å². The zero-order valence-corrected chi connectivity index (χ0v) is 17.3. The molecule has 2 aliphatic carbocycles. The summed E-state index contributed by atoms with van der Waals surface area (Å²) in [7, 11) is 0. The zero-order valence-electron chi connectivity index (χ0n) is 16.4. The maximum atomic E-state index is 13.1. The van der Waals surface area contributed by atoms with Gasteiger partial charge < -0.3 is 15.5 Å². The minimum Gasteiger partial charge on any atom is -0.351 e. The highest BCUT2D eigenvalue weighted by Crippen LogP contribution is 2.31. The van der Waals surface area contributed by atoms with Gasteiger partial charge in [0, 0.05) is 36.0 Å². The van der Waals surface area contributed by atoms with E-state index in [0.717, 1.165) is 36.1 Å². The van der Waals surface area contributed by atoms with Crippen molar-refractivity contribution in [1.82, 2.24) is 15.5 Å². The van der Waals surface area contributed by atoms with Crippen LogP contribution in [-0.4, -0.2) is 34.7 Å². The Morgan fingerprint density at radius 1 is 1.03 bits per heavy atom. The van der Waals surface area contributed by atoms with Crippen LogP contribution in [0.4, 0.5) is 0 Å². The van der Waals surface area contributed by atoms with Crippen molar-refractivity contribution in [3.05, 3.63) is 57.3 Å². The van der Waals surface area contributed by atoms with E-state index in [4.69, 9.17) is 0 Å². The molecule has 2 saturated carbocycles. The smallest absolute Gasteiger partial charge is 0.264 e. The van der Waals surface area contributed by atoms with Gasteiger partial charge in [-0.3, -0.25) is 14.4 Å². The maximum Gasteiger partial charge on any atom is 0.264 e. The van der Waals surface area contributed by atoms with Crippen LogP contribution < -0.4 is 10.6 Å². The number of hydrogen-bond donors (Lipinski definition) is 2. The van der Waals surface area contributed by atoms with Crippen molar-refractivity contribution >= 4 is 29.1 Å². The van der Waals surface area contributed by atoms with Crippen LogP contribution in [0.5, 0.6) is 0 Å². The first-order valence-electron chi connectivity index (χ1n) is 10.0. The van der Waals surface area contributed by atoms with E-state index in [1.54, 1.807) is 0 Å². The van der Waals surface area contributed by atoms with E-state index in [1.165, 1.54) is 18.3 Å². The van der Waals surface area contributed by atoms with Crippen molar-refractivity contribution in [2.24, 2.45) is 0 Å². The second-order valence-electron chi connectivity index (χ2n) is 7.78. The standard InChI is InChI=1S/C22H25N3O3S/c1-14(26)23-12-19-10-11-20(29-19)22(28)25(18-8-9-18)13-15-2-4-16(5-3-15)21(27)24-17-6-7-17/h2-5,10-11,17-18H,6-9,12-13H2,1H3,(H,23,26)(H,24,27). The molecule has 1 aromatic carbocycles. The summed E-state index contributed by atoms with van der Waals surface area (Å²) in [5.74, 6) is -0.0817. The second-order valence-corrected chi connectivity index (χ2v) is 8.95. The molecule has 152 valence electrons. The summed E-state index contributed by atoms with van der Waals surface area (Å²) in [6.45, 7) is 2.46. The number of thiophene rings is 1. The first-order valence-corrected chi connectivity index (χ1v) is 10.8. The molecule has 2 aromatic rings. The molecule has 0 spiro atoms. The molecule has 0 radical (unpaired) electrons. The molecule has 7 heteroatoms. The van der Waals surface area contributed by atoms with Gasteiger partial charge in [-0.2, -0.15) is 0 Å². The Kier molecular flexibility index (Phi) is 5.67. The number of rotatable bonds is 8. The van der Waals surface area contributed by atoms with Crippen molar-refractivity contribution in [2.45, 2.75) is 57.8 Å². The highest BCUT2D eigenvalue weighted by Gasteiger charge is 2.33. The molecule has 2 aliphatic rings. The topological polar surface area (TPSA) is 78.5 Å². The molecule has 29 heavy (non-hydrogen) atoms. The van der Waals surface area contributed by atoms with E-state index in [9.17, 15) is 14.4 Å². The summed E-state index contributed by atoms with van der Waals surface area (Å²) >= 11 is 1.43. The molecule has 0 saturated heterocycles. The summed E-state index contributed by atoms with van der Waals surface area (Å²) in [5.41, 5.74) is 1.68. The van der Waals surface area contributed by atoms with Crippen molar-refractivity contribution in [3.8, 4) is 0 Å². The largest absolute Gasteiger partial charge is 0.351 e. The fourth-order valence-electron chi connectivity index (χ4n) is 3.15. The van der Waals surface area contributed by atoms with E-state index >= 15 is 0 Å². The van der Waals surface area contributed by atoms with Crippen molar-refractivity contribution in [3.63, 3.8) is 0 Å². The van der Waals surface area contributed by atoms with E-state index in [0.29, 0.717) is 29.6 Å². The Hall–Kier alpha value is -2.67. The molecule has 0 bridgehead atoms. The molecule has 6 nitrogen and oxygen atoms in total. The lowest BCUT2D eigenvalue weighted by Crippen LogP contribution is -2.32. The summed E-state index contributed by atoms with van der Waals surface area (Å²) < 4.78 is 0. The number of benzene rings is 1. The summed E-state index contributed by atoms with van der Waals surface area (Å²) in [4.78, 5) is 39.9. The predicted molar refractivity (Wildman–Crippen MR) is 112 cm³/mol. The number of nitrogens with one attached hydrogen (secondary N) is 2. The van der Waals surface area contributed by atoms with Gasteiger partial charge >= 0.3 is 0 Å². The van der Waals surface area contributed by atoms with Gasteiger partial charge in [-0.25, -0.2) is 0 Å². The first-order chi connectivity index (χ1) is 14.0. The average molecular weight is 412 g/mol. The van der Waals surface area contributed by atoms with Crippen LogP contribution in [0, 0.1) is 0 Å². The third-order valence-electron chi connectivity index (χ3n) is 5.11. The monoisotopic (exact) mass is 411 g/mol. The lowest BCUT2D eigenvalue weighted by atomic mass is 10.1. The van der Waals surface area contributed by atoms with E-state index < -0.39 is 0 Å². The number of amides is 3. The number of nitrogens with zero attached hydrogens (tertiary/aromatic N) is 1. The molecule has 2 N–H and O–H groups in total. The van der Waals surface area contributed by atoms with E-state index in [2.05, 4.69) is 10.6 Å². The molecular formula is C22H25N3O3S. The SMILES string of the molecule is CC(=O)NCc1ccc(C(=O)N(Cc2ccc(C(=O)NC3CC3)cc2)C2CC2)s1. The summed E-state index contributed by atoms with van der Waals surface area (Å²) in [6.07, 6.45) is 4.19. The fourth-order valence-corrected chi connectivity index (χ4v) is 4.05. The molecule has 0 atom stereocenters. The van der Waals surface area contributed by atoms with Crippen molar-refractivity contribution < 1.29 is 14.4 Å². The average Bonchev–Trinajstić information content (AvgIpc) is 3.64. The zero-order chi connectivity index (χ0) is 20.4. The molecule has 2 fully saturated rings. The Balaban J connectivity index is 1.40. The molecule has 3 amide bonds. The van der Waals surface area contributed by atoms with E-state index in [1.807, 2.05) is 41.3 Å². The third-order valence-corrected chi connectivity index (χ3v) is 6.19. The molecule has 1 heterocycles. The normalized spacial score (nSPS) is 15.6. The number of hydrogen-bond acceptors (Lipinski definition) is 4. The lowest BCUT2D eigenvalue weighted by molar-refractivity contribution is -0.119. The van der Waals surface area contributed by atoms with Crippen LogP contribution in [0.3, 0.4) is 0 Å². The van der Waals surface area contributed by atoms with Gasteiger partial charge in [-0.15, -0.1) is 11.3 Å². The van der Waals surface area contributed by atoms with Crippen LogP contribution in [0.25, 0.3) is 0 Å². The van der Waals surface area contributed by atoms with Gasteiger partial charge in [-0.05, 0) is 55.5 Å². The van der Waals surface area contributed by atoms with Crippen LogP contribution >= 0.6 is 11.3 Å². The number of carbonyl (C=O) groups excluding carboxylic acids is 3. The van der Waals surface area contributed by atoms with Crippen molar-refractivity contribution in [1.29, 1.82) is 0 Å². The fraction of sp³-hybridized carbons (Fsp3) is 0.409. The second kappa shape index (κ2) is 8.37. The highest BCUT2D eigenvalue weighted by molar-refractivity contribution is 7.14. The summed E-state index contributed by atoms with van der Waals surface area (Å²) in [6, 6.07) is 11.9. The Labute approximate surface area is 174 Å². The maximum absolute atomic E-state index is 13.1. The Morgan fingerprint density at radius 3 is 2.38 bits per heavy atom. The van der Waals surface area contributed by atoms with Gasteiger partial charge in [0.2, 0.25) is 5.91 Å². The molecule has 0 aliphatic heterocycles. The van der Waals surface area contributed by atoms with Crippen LogP contribution in [-0.2, 0) is 17.9 Å². The minimum absolute atomic E-state index is 0.0283. The van der Waals surface area contributed by atoms with Gasteiger partial charge in [0.1, 0.15) is 0 Å². The predicted octanol–water partition coefficient (Wildman–Crippen LogP) is 3.08. The minimum atomic E-state index is -0.0832. The molecule has 0 unspecified atom stereocenters. The number of carbonyl (C=O) groups is 3. The molecule has 1 aromatic heterocycles.